The molecule has 2 aliphatic carbocycles. The van der Waals surface area contributed by atoms with Crippen molar-refractivity contribution in [2.24, 2.45) is 10.4 Å². The van der Waals surface area contributed by atoms with Crippen LogP contribution in [0.5, 0.6) is 0 Å². The number of nitrogens with zero attached hydrogens (tertiary/aromatic N) is 3. The highest BCUT2D eigenvalue weighted by molar-refractivity contribution is 14.0. The minimum absolute atomic E-state index is 0. The van der Waals surface area contributed by atoms with Crippen molar-refractivity contribution in [3.63, 3.8) is 0 Å². The molecular weight excluding hydrogens is 501 g/mol. The van der Waals surface area contributed by atoms with Crippen molar-refractivity contribution in [2.75, 3.05) is 52.9 Å². The highest BCUT2D eigenvalue weighted by Gasteiger charge is 2.59. The summed E-state index contributed by atoms with van der Waals surface area (Å²) in [7, 11) is 2.26. The number of hydrogen-bond donors (Lipinski definition) is 2. The summed E-state index contributed by atoms with van der Waals surface area (Å²) in [5.74, 6) is 1.03. The smallest absolute Gasteiger partial charge is 0.191 e. The van der Waals surface area contributed by atoms with Crippen LogP contribution in [0.4, 0.5) is 0 Å². The molecule has 4 aliphatic rings. The van der Waals surface area contributed by atoms with Gasteiger partial charge in [-0.25, -0.2) is 0 Å². The number of halogens is 1. The number of ether oxygens (including phenoxy) is 1. The van der Waals surface area contributed by atoms with Crippen LogP contribution in [-0.4, -0.2) is 86.4 Å². The molecule has 0 aromatic rings. The van der Waals surface area contributed by atoms with E-state index in [0.717, 1.165) is 32.1 Å². The largest absolute Gasteiger partial charge is 0.378 e. The summed E-state index contributed by atoms with van der Waals surface area (Å²) in [5.41, 5.74) is 0.612. The maximum Gasteiger partial charge on any atom is 0.191 e. The summed E-state index contributed by atoms with van der Waals surface area (Å²) >= 11 is 0. The molecule has 2 aliphatic heterocycles. The molecule has 0 bridgehead atoms. The van der Waals surface area contributed by atoms with Gasteiger partial charge in [-0.1, -0.05) is 12.8 Å². The molecule has 0 radical (unpaired) electrons. The molecule has 0 aromatic carbocycles. The Bertz CT molecular complexity index is 583. The summed E-state index contributed by atoms with van der Waals surface area (Å²) in [4.78, 5) is 10.5. The highest BCUT2D eigenvalue weighted by Crippen LogP contribution is 2.57. The molecule has 6 nitrogen and oxygen atoms in total. The van der Waals surface area contributed by atoms with Crippen LogP contribution >= 0.6 is 24.0 Å². The lowest BCUT2D eigenvalue weighted by atomic mass is 9.51. The SMILES string of the molecule is CCNC(=NCC1(N2CCCCC2)CCN(C)CC1)NC1CC(OCC)C12CCC2.I. The molecule has 2 heterocycles. The first kappa shape index (κ1) is 25.5. The molecule has 2 unspecified atom stereocenters. The van der Waals surface area contributed by atoms with Crippen LogP contribution in [0.3, 0.4) is 0 Å². The van der Waals surface area contributed by atoms with E-state index in [1.54, 1.807) is 0 Å². The van der Waals surface area contributed by atoms with E-state index < -0.39 is 0 Å². The number of likely N-dealkylation sites (tertiary alicyclic amines) is 2. The Morgan fingerprint density at radius 3 is 2.29 bits per heavy atom. The zero-order valence-electron chi connectivity index (χ0n) is 20.1. The standard InChI is InChI=1S/C24H45N5O.HI/c1-4-25-22(27-20-18-21(30-5-2)24(20)10-9-11-24)26-19-23(12-16-28(3)17-13-23)29-14-7-6-8-15-29;/h20-21H,4-19H2,1-3H3,(H2,25,26,27);1H. The maximum absolute atomic E-state index is 6.06. The second kappa shape index (κ2) is 11.3. The zero-order valence-corrected chi connectivity index (χ0v) is 22.5. The first-order valence-corrected chi connectivity index (χ1v) is 12.7. The van der Waals surface area contributed by atoms with Gasteiger partial charge in [-0.05, 0) is 92.0 Å². The first-order chi connectivity index (χ1) is 14.6. The van der Waals surface area contributed by atoms with Crippen LogP contribution in [-0.2, 0) is 4.74 Å². The quantitative estimate of drug-likeness (QED) is 0.291. The fourth-order valence-electron chi connectivity index (χ4n) is 6.33. The Hall–Kier alpha value is -0.120. The third kappa shape index (κ3) is 5.35. The van der Waals surface area contributed by atoms with Crippen molar-refractivity contribution in [1.82, 2.24) is 20.4 Å². The van der Waals surface area contributed by atoms with Crippen molar-refractivity contribution in [2.45, 2.75) is 89.3 Å². The van der Waals surface area contributed by atoms with Crippen molar-refractivity contribution < 1.29 is 4.74 Å². The van der Waals surface area contributed by atoms with Gasteiger partial charge in [0.2, 0.25) is 0 Å². The number of hydrogen-bond acceptors (Lipinski definition) is 4. The fourth-order valence-corrected chi connectivity index (χ4v) is 6.33. The van der Waals surface area contributed by atoms with Crippen molar-refractivity contribution >= 4 is 29.9 Å². The van der Waals surface area contributed by atoms with Gasteiger partial charge in [0.25, 0.3) is 0 Å². The summed E-state index contributed by atoms with van der Waals surface area (Å²) in [6.07, 6.45) is 12.1. The van der Waals surface area contributed by atoms with Crippen LogP contribution in [0.15, 0.2) is 4.99 Å². The van der Waals surface area contributed by atoms with E-state index in [-0.39, 0.29) is 29.5 Å². The van der Waals surface area contributed by atoms with E-state index in [0.29, 0.717) is 17.6 Å². The Morgan fingerprint density at radius 2 is 1.71 bits per heavy atom. The van der Waals surface area contributed by atoms with Crippen LogP contribution in [0, 0.1) is 5.41 Å². The molecular formula is C24H46IN5O. The second-order valence-electron chi connectivity index (χ2n) is 10.2. The number of aliphatic imine (C=N–C) groups is 1. The Morgan fingerprint density at radius 1 is 1.00 bits per heavy atom. The predicted molar refractivity (Wildman–Crippen MR) is 140 cm³/mol. The maximum atomic E-state index is 6.06. The van der Waals surface area contributed by atoms with E-state index in [2.05, 4.69) is 41.3 Å². The monoisotopic (exact) mass is 547 g/mol. The third-order valence-corrected chi connectivity index (χ3v) is 8.57. The molecule has 2 N–H and O–H groups in total. The summed E-state index contributed by atoms with van der Waals surface area (Å²) in [6, 6.07) is 0.518. The van der Waals surface area contributed by atoms with Crippen LogP contribution in [0.2, 0.25) is 0 Å². The minimum atomic E-state index is 0. The lowest BCUT2D eigenvalue weighted by molar-refractivity contribution is -0.168. The van der Waals surface area contributed by atoms with E-state index in [1.807, 2.05) is 0 Å². The molecule has 2 saturated heterocycles. The molecule has 1 spiro atoms. The van der Waals surface area contributed by atoms with E-state index in [1.165, 1.54) is 77.5 Å². The van der Waals surface area contributed by atoms with Crippen molar-refractivity contribution in [1.29, 1.82) is 0 Å². The van der Waals surface area contributed by atoms with Crippen LogP contribution < -0.4 is 10.6 Å². The molecule has 0 amide bonds. The predicted octanol–water partition coefficient (Wildman–Crippen LogP) is 3.46. The van der Waals surface area contributed by atoms with Gasteiger partial charge in [-0.2, -0.15) is 0 Å². The van der Waals surface area contributed by atoms with Gasteiger partial charge < -0.3 is 20.3 Å². The van der Waals surface area contributed by atoms with E-state index in [4.69, 9.17) is 9.73 Å². The molecule has 180 valence electrons. The lowest BCUT2D eigenvalue weighted by Gasteiger charge is -2.61. The average molecular weight is 548 g/mol. The topological polar surface area (TPSA) is 52.1 Å². The molecule has 0 aromatic heterocycles. The molecule has 4 fully saturated rings. The Balaban J connectivity index is 0.00000272. The normalized spacial score (nSPS) is 30.7. The molecule has 4 rings (SSSR count). The average Bonchev–Trinajstić information content (AvgIpc) is 2.72. The van der Waals surface area contributed by atoms with Crippen LogP contribution in [0.1, 0.15) is 71.6 Å². The summed E-state index contributed by atoms with van der Waals surface area (Å²) in [5, 5.41) is 7.39. The van der Waals surface area contributed by atoms with Gasteiger partial charge in [0, 0.05) is 30.1 Å². The molecule has 2 saturated carbocycles. The second-order valence-corrected chi connectivity index (χ2v) is 10.2. The molecule has 7 heteroatoms. The number of rotatable bonds is 7. The van der Waals surface area contributed by atoms with Gasteiger partial charge in [0.1, 0.15) is 0 Å². The van der Waals surface area contributed by atoms with Gasteiger partial charge in [0.05, 0.1) is 12.6 Å². The number of piperidine rings is 2. The van der Waals surface area contributed by atoms with Gasteiger partial charge in [-0.3, -0.25) is 9.89 Å². The summed E-state index contributed by atoms with van der Waals surface area (Å²) in [6.45, 7) is 11.9. The fraction of sp³-hybridized carbons (Fsp3) is 0.958. The minimum Gasteiger partial charge on any atom is -0.378 e. The van der Waals surface area contributed by atoms with Crippen LogP contribution in [0.25, 0.3) is 0 Å². The van der Waals surface area contributed by atoms with Crippen molar-refractivity contribution in [3.8, 4) is 0 Å². The van der Waals surface area contributed by atoms with E-state index in [9.17, 15) is 0 Å². The van der Waals surface area contributed by atoms with Gasteiger partial charge in [-0.15, -0.1) is 24.0 Å². The van der Waals surface area contributed by atoms with Crippen molar-refractivity contribution in [3.05, 3.63) is 0 Å². The highest BCUT2D eigenvalue weighted by atomic mass is 127. The Kier molecular flexibility index (Phi) is 9.33. The Labute approximate surface area is 207 Å². The third-order valence-electron chi connectivity index (χ3n) is 8.57. The molecule has 2 atom stereocenters. The van der Waals surface area contributed by atoms with Gasteiger partial charge in [0.15, 0.2) is 5.96 Å². The number of nitrogens with one attached hydrogen (secondary N) is 2. The zero-order chi connectivity index (χ0) is 21.0. The lowest BCUT2D eigenvalue weighted by Crippen LogP contribution is -2.68. The molecule has 31 heavy (non-hydrogen) atoms. The number of guanidine groups is 1. The summed E-state index contributed by atoms with van der Waals surface area (Å²) < 4.78 is 6.06. The van der Waals surface area contributed by atoms with Gasteiger partial charge >= 0.3 is 0 Å². The van der Waals surface area contributed by atoms with E-state index >= 15 is 0 Å². The first-order valence-electron chi connectivity index (χ1n) is 12.7.